The van der Waals surface area contributed by atoms with Gasteiger partial charge in [0.25, 0.3) is 0 Å². The number of carbonyl (C=O) groups is 2. The Balaban J connectivity index is 2.31. The maximum atomic E-state index is 12.6. The minimum Gasteiger partial charge on any atom is -0.384 e. The fraction of sp³-hybridized carbons (Fsp3) is 0.500. The molecule has 5 heteroatoms. The van der Waals surface area contributed by atoms with E-state index in [2.05, 4.69) is 5.32 Å². The molecule has 1 unspecified atom stereocenters. The van der Waals surface area contributed by atoms with Crippen LogP contribution in [0.15, 0.2) is 24.3 Å². The molecule has 114 valence electrons. The predicted octanol–water partition coefficient (Wildman–Crippen LogP) is 1.36. The third-order valence-corrected chi connectivity index (χ3v) is 3.67. The van der Waals surface area contributed by atoms with E-state index in [-0.39, 0.29) is 24.3 Å². The zero-order chi connectivity index (χ0) is 15.4. The first kappa shape index (κ1) is 15.5. The lowest BCUT2D eigenvalue weighted by Crippen LogP contribution is -2.60. The normalized spacial score (nSPS) is 19.0. The molecule has 0 saturated carbocycles. The van der Waals surface area contributed by atoms with Crippen LogP contribution in [0.5, 0.6) is 0 Å². The van der Waals surface area contributed by atoms with Gasteiger partial charge >= 0.3 is 0 Å². The monoisotopic (exact) mass is 290 g/mol. The lowest BCUT2D eigenvalue weighted by Gasteiger charge is -2.35. The van der Waals surface area contributed by atoms with E-state index in [9.17, 15) is 9.59 Å². The lowest BCUT2D eigenvalue weighted by molar-refractivity contribution is -0.132. The lowest BCUT2D eigenvalue weighted by atomic mass is 9.99. The first-order valence-corrected chi connectivity index (χ1v) is 7.22. The van der Waals surface area contributed by atoms with Gasteiger partial charge in [-0.25, -0.2) is 0 Å². The van der Waals surface area contributed by atoms with Gasteiger partial charge in [0.2, 0.25) is 11.8 Å². The topological polar surface area (TPSA) is 58.6 Å². The molecule has 1 aliphatic heterocycles. The van der Waals surface area contributed by atoms with Crippen molar-refractivity contribution in [3.05, 3.63) is 29.8 Å². The van der Waals surface area contributed by atoms with Crippen LogP contribution in [-0.4, -0.2) is 38.1 Å². The standard InChI is InChI=1S/C16H22N2O3/c1-11(2)15-16(20)18(10-14(19)17-15)13-7-5-4-6-12(13)8-9-21-3/h4-7,11,15H,8-10H2,1-3H3,(H,17,19). The molecular formula is C16H22N2O3. The Morgan fingerprint density at radius 1 is 1.33 bits per heavy atom. The van der Waals surface area contributed by atoms with Crippen LogP contribution in [0.25, 0.3) is 0 Å². The molecule has 1 aromatic rings. The minimum absolute atomic E-state index is 0.0468. The van der Waals surface area contributed by atoms with E-state index < -0.39 is 6.04 Å². The SMILES string of the molecule is COCCc1ccccc1N1CC(=O)NC(C(C)C)C1=O. The summed E-state index contributed by atoms with van der Waals surface area (Å²) in [5.41, 5.74) is 1.82. The van der Waals surface area contributed by atoms with E-state index in [1.54, 1.807) is 12.0 Å². The molecule has 0 radical (unpaired) electrons. The Kier molecular flexibility index (Phi) is 4.96. The van der Waals surface area contributed by atoms with Crippen molar-refractivity contribution >= 4 is 17.5 Å². The zero-order valence-corrected chi connectivity index (χ0v) is 12.8. The number of carbonyl (C=O) groups excluding carboxylic acids is 2. The van der Waals surface area contributed by atoms with Crippen molar-refractivity contribution in [3.63, 3.8) is 0 Å². The van der Waals surface area contributed by atoms with E-state index in [1.807, 2.05) is 38.1 Å². The van der Waals surface area contributed by atoms with Gasteiger partial charge in [-0.3, -0.25) is 9.59 Å². The van der Waals surface area contributed by atoms with Crippen LogP contribution in [0.3, 0.4) is 0 Å². The van der Waals surface area contributed by atoms with Crippen molar-refractivity contribution in [3.8, 4) is 0 Å². The molecule has 1 aliphatic rings. The number of benzene rings is 1. The average Bonchev–Trinajstić information content (AvgIpc) is 2.47. The molecule has 5 nitrogen and oxygen atoms in total. The summed E-state index contributed by atoms with van der Waals surface area (Å²) in [5, 5.41) is 2.77. The summed E-state index contributed by atoms with van der Waals surface area (Å²) in [6.07, 6.45) is 0.713. The maximum absolute atomic E-state index is 12.6. The van der Waals surface area contributed by atoms with Crippen LogP contribution < -0.4 is 10.2 Å². The Bertz CT molecular complexity index is 528. The number of amides is 2. The van der Waals surface area contributed by atoms with Crippen LogP contribution in [0, 0.1) is 5.92 Å². The third-order valence-electron chi connectivity index (χ3n) is 3.67. The van der Waals surface area contributed by atoms with Crippen LogP contribution in [0.4, 0.5) is 5.69 Å². The molecule has 1 fully saturated rings. The van der Waals surface area contributed by atoms with Gasteiger partial charge in [0.1, 0.15) is 12.6 Å². The Hall–Kier alpha value is -1.88. The number of para-hydroxylation sites is 1. The summed E-state index contributed by atoms with van der Waals surface area (Å²) in [6.45, 7) is 4.53. The van der Waals surface area contributed by atoms with E-state index >= 15 is 0 Å². The molecule has 1 saturated heterocycles. The highest BCUT2D eigenvalue weighted by Gasteiger charge is 2.35. The molecule has 1 N–H and O–H groups in total. The summed E-state index contributed by atoms with van der Waals surface area (Å²) in [6, 6.07) is 7.22. The molecule has 0 aliphatic carbocycles. The molecule has 1 heterocycles. The molecule has 0 aromatic heterocycles. The van der Waals surface area contributed by atoms with Crippen LogP contribution >= 0.6 is 0 Å². The third kappa shape index (κ3) is 3.42. The van der Waals surface area contributed by atoms with E-state index in [0.717, 1.165) is 11.3 Å². The first-order chi connectivity index (χ1) is 10.0. The second kappa shape index (κ2) is 6.72. The molecule has 1 atom stereocenters. The number of rotatable bonds is 5. The number of hydrogen-bond acceptors (Lipinski definition) is 3. The quantitative estimate of drug-likeness (QED) is 0.891. The van der Waals surface area contributed by atoms with Gasteiger partial charge < -0.3 is 15.0 Å². The fourth-order valence-electron chi connectivity index (χ4n) is 2.52. The smallest absolute Gasteiger partial charge is 0.250 e. The predicted molar refractivity (Wildman–Crippen MR) is 81.1 cm³/mol. The number of methoxy groups -OCH3 is 1. The number of piperazine rings is 1. The van der Waals surface area contributed by atoms with Gasteiger partial charge in [-0.2, -0.15) is 0 Å². The van der Waals surface area contributed by atoms with Crippen LogP contribution in [-0.2, 0) is 20.7 Å². The van der Waals surface area contributed by atoms with Gasteiger partial charge in [0, 0.05) is 12.8 Å². The molecular weight excluding hydrogens is 268 g/mol. The van der Waals surface area contributed by atoms with Crippen molar-refractivity contribution in [1.82, 2.24) is 5.32 Å². The van der Waals surface area contributed by atoms with Gasteiger partial charge in [-0.15, -0.1) is 0 Å². The van der Waals surface area contributed by atoms with Crippen molar-refractivity contribution in [2.75, 3.05) is 25.2 Å². The molecule has 0 bridgehead atoms. The molecule has 2 rings (SSSR count). The Morgan fingerprint density at radius 2 is 2.05 bits per heavy atom. The van der Waals surface area contributed by atoms with Gasteiger partial charge in [0.05, 0.1) is 6.61 Å². The summed E-state index contributed by atoms with van der Waals surface area (Å²) in [4.78, 5) is 26.1. The molecule has 0 spiro atoms. The minimum atomic E-state index is -0.457. The van der Waals surface area contributed by atoms with Crippen molar-refractivity contribution in [2.45, 2.75) is 26.3 Å². The van der Waals surface area contributed by atoms with Crippen LogP contribution in [0.1, 0.15) is 19.4 Å². The Labute approximate surface area is 125 Å². The summed E-state index contributed by atoms with van der Waals surface area (Å²) < 4.78 is 5.11. The summed E-state index contributed by atoms with van der Waals surface area (Å²) in [5.74, 6) is -0.0975. The summed E-state index contributed by atoms with van der Waals surface area (Å²) >= 11 is 0. The number of nitrogens with one attached hydrogen (secondary N) is 1. The highest BCUT2D eigenvalue weighted by molar-refractivity contribution is 6.07. The second-order valence-corrected chi connectivity index (χ2v) is 5.59. The highest BCUT2D eigenvalue weighted by Crippen LogP contribution is 2.24. The highest BCUT2D eigenvalue weighted by atomic mass is 16.5. The van der Waals surface area contributed by atoms with Gasteiger partial charge in [0.15, 0.2) is 0 Å². The van der Waals surface area contributed by atoms with Crippen molar-refractivity contribution in [1.29, 1.82) is 0 Å². The largest absolute Gasteiger partial charge is 0.384 e. The van der Waals surface area contributed by atoms with E-state index in [0.29, 0.717) is 13.0 Å². The molecule has 1 aromatic carbocycles. The second-order valence-electron chi connectivity index (χ2n) is 5.59. The fourth-order valence-corrected chi connectivity index (χ4v) is 2.52. The first-order valence-electron chi connectivity index (χ1n) is 7.22. The van der Waals surface area contributed by atoms with Gasteiger partial charge in [-0.05, 0) is 24.0 Å². The summed E-state index contributed by atoms with van der Waals surface area (Å²) in [7, 11) is 1.65. The molecule has 21 heavy (non-hydrogen) atoms. The molecule has 2 amide bonds. The van der Waals surface area contributed by atoms with Crippen LogP contribution in [0.2, 0.25) is 0 Å². The number of ether oxygens (including phenoxy) is 1. The van der Waals surface area contributed by atoms with E-state index in [1.165, 1.54) is 0 Å². The van der Waals surface area contributed by atoms with E-state index in [4.69, 9.17) is 4.74 Å². The number of hydrogen-bond donors (Lipinski definition) is 1. The van der Waals surface area contributed by atoms with Gasteiger partial charge in [-0.1, -0.05) is 32.0 Å². The Morgan fingerprint density at radius 3 is 2.71 bits per heavy atom. The average molecular weight is 290 g/mol. The number of nitrogens with zero attached hydrogens (tertiary/aromatic N) is 1. The van der Waals surface area contributed by atoms with Crippen molar-refractivity contribution in [2.24, 2.45) is 5.92 Å². The number of anilines is 1. The van der Waals surface area contributed by atoms with Crippen molar-refractivity contribution < 1.29 is 14.3 Å². The zero-order valence-electron chi connectivity index (χ0n) is 12.8. The maximum Gasteiger partial charge on any atom is 0.250 e.